The minimum absolute atomic E-state index is 0.0838. The monoisotopic (exact) mass is 279 g/mol. The lowest BCUT2D eigenvalue weighted by Gasteiger charge is -2.04. The Morgan fingerprint density at radius 3 is 2.35 bits per heavy atom. The summed E-state index contributed by atoms with van der Waals surface area (Å²) in [5.41, 5.74) is 1.38. The SMILES string of the molecule is COC(=O)c1ccc(CCC(=O)NCCC(=O)O)cc1. The second-order valence-corrected chi connectivity index (χ2v) is 4.18. The Bertz CT molecular complexity index is 481. The Labute approximate surface area is 116 Å². The van der Waals surface area contributed by atoms with Gasteiger partial charge in [0, 0.05) is 13.0 Å². The number of methoxy groups -OCH3 is 1. The van der Waals surface area contributed by atoms with Crippen LogP contribution in [0.25, 0.3) is 0 Å². The number of hydrogen-bond acceptors (Lipinski definition) is 4. The van der Waals surface area contributed by atoms with Crippen molar-refractivity contribution in [3.63, 3.8) is 0 Å². The van der Waals surface area contributed by atoms with Crippen LogP contribution in [0.3, 0.4) is 0 Å². The van der Waals surface area contributed by atoms with E-state index < -0.39 is 11.9 Å². The van der Waals surface area contributed by atoms with Crippen LogP contribution in [0.5, 0.6) is 0 Å². The molecule has 0 aliphatic heterocycles. The summed E-state index contributed by atoms with van der Waals surface area (Å²) in [6, 6.07) is 6.81. The van der Waals surface area contributed by atoms with Crippen molar-refractivity contribution in [2.75, 3.05) is 13.7 Å². The van der Waals surface area contributed by atoms with Gasteiger partial charge in [0.1, 0.15) is 0 Å². The summed E-state index contributed by atoms with van der Waals surface area (Å²) in [6.45, 7) is 0.134. The van der Waals surface area contributed by atoms with E-state index in [9.17, 15) is 14.4 Å². The van der Waals surface area contributed by atoms with Crippen molar-refractivity contribution >= 4 is 17.8 Å². The summed E-state index contributed by atoms with van der Waals surface area (Å²) < 4.78 is 4.59. The zero-order valence-electron chi connectivity index (χ0n) is 11.2. The largest absolute Gasteiger partial charge is 0.481 e. The third-order valence-corrected chi connectivity index (χ3v) is 2.68. The van der Waals surface area contributed by atoms with Crippen LogP contribution in [0, 0.1) is 0 Å². The average Bonchev–Trinajstić information content (AvgIpc) is 2.44. The van der Waals surface area contributed by atoms with E-state index >= 15 is 0 Å². The van der Waals surface area contributed by atoms with Crippen molar-refractivity contribution < 1.29 is 24.2 Å². The Kier molecular flexibility index (Phi) is 6.22. The first-order chi connectivity index (χ1) is 9.52. The molecule has 1 amide bonds. The standard InChI is InChI=1S/C14H17NO5/c1-20-14(19)11-5-2-10(3-6-11)4-7-12(16)15-9-8-13(17)18/h2-3,5-6H,4,7-9H2,1H3,(H,15,16)(H,17,18). The number of aliphatic carboxylic acids is 1. The molecule has 0 aliphatic carbocycles. The first kappa shape index (κ1) is 15.7. The predicted molar refractivity (Wildman–Crippen MR) is 71.4 cm³/mol. The van der Waals surface area contributed by atoms with Crippen molar-refractivity contribution in [1.82, 2.24) is 5.32 Å². The van der Waals surface area contributed by atoms with Crippen molar-refractivity contribution in [2.24, 2.45) is 0 Å². The van der Waals surface area contributed by atoms with E-state index in [4.69, 9.17) is 5.11 Å². The van der Waals surface area contributed by atoms with Crippen LogP contribution in [0.15, 0.2) is 24.3 Å². The molecular formula is C14H17NO5. The second kappa shape index (κ2) is 7.93. The molecule has 0 heterocycles. The number of rotatable bonds is 7. The summed E-state index contributed by atoms with van der Waals surface area (Å²) in [7, 11) is 1.32. The number of esters is 1. The summed E-state index contributed by atoms with van der Waals surface area (Å²) in [4.78, 5) is 33.0. The minimum Gasteiger partial charge on any atom is -0.481 e. The highest BCUT2D eigenvalue weighted by atomic mass is 16.5. The molecule has 0 spiro atoms. The molecule has 1 aromatic rings. The van der Waals surface area contributed by atoms with E-state index in [0.29, 0.717) is 12.0 Å². The molecule has 20 heavy (non-hydrogen) atoms. The molecule has 0 saturated carbocycles. The van der Waals surface area contributed by atoms with Crippen molar-refractivity contribution in [1.29, 1.82) is 0 Å². The maximum absolute atomic E-state index is 11.4. The first-order valence-electron chi connectivity index (χ1n) is 6.18. The fourth-order valence-corrected chi connectivity index (χ4v) is 1.58. The molecule has 0 aliphatic rings. The number of nitrogens with one attached hydrogen (secondary N) is 1. The van der Waals surface area contributed by atoms with Crippen molar-refractivity contribution in [2.45, 2.75) is 19.3 Å². The molecule has 6 heteroatoms. The van der Waals surface area contributed by atoms with E-state index in [0.717, 1.165) is 5.56 Å². The first-order valence-corrected chi connectivity index (χ1v) is 6.18. The molecule has 0 fully saturated rings. The van der Waals surface area contributed by atoms with Gasteiger partial charge in [0.25, 0.3) is 0 Å². The fourth-order valence-electron chi connectivity index (χ4n) is 1.58. The average molecular weight is 279 g/mol. The van der Waals surface area contributed by atoms with Gasteiger partial charge in [-0.3, -0.25) is 9.59 Å². The molecule has 0 unspecified atom stereocenters. The van der Waals surface area contributed by atoms with Gasteiger partial charge >= 0.3 is 11.9 Å². The normalized spacial score (nSPS) is 9.85. The van der Waals surface area contributed by atoms with Gasteiger partial charge in [0.2, 0.25) is 5.91 Å². The molecule has 0 aromatic heterocycles. The molecular weight excluding hydrogens is 262 g/mol. The lowest BCUT2D eigenvalue weighted by molar-refractivity contribution is -0.136. The van der Waals surface area contributed by atoms with Crippen molar-refractivity contribution in [3.05, 3.63) is 35.4 Å². The molecule has 108 valence electrons. The smallest absolute Gasteiger partial charge is 0.337 e. The van der Waals surface area contributed by atoms with E-state index in [-0.39, 0.29) is 25.3 Å². The van der Waals surface area contributed by atoms with E-state index in [2.05, 4.69) is 10.1 Å². The van der Waals surface area contributed by atoms with Gasteiger partial charge in [-0.1, -0.05) is 12.1 Å². The highest BCUT2D eigenvalue weighted by molar-refractivity contribution is 5.89. The number of carbonyl (C=O) groups is 3. The maximum atomic E-state index is 11.4. The summed E-state index contributed by atoms with van der Waals surface area (Å²) >= 11 is 0. The molecule has 0 saturated heterocycles. The van der Waals surface area contributed by atoms with E-state index in [1.807, 2.05) is 0 Å². The molecule has 6 nitrogen and oxygen atoms in total. The predicted octanol–water partition coefficient (Wildman–Crippen LogP) is 0.997. The number of carboxylic acids is 1. The second-order valence-electron chi connectivity index (χ2n) is 4.18. The number of benzene rings is 1. The van der Waals surface area contributed by atoms with E-state index in [1.165, 1.54) is 7.11 Å². The highest BCUT2D eigenvalue weighted by Gasteiger charge is 2.06. The van der Waals surface area contributed by atoms with Gasteiger partial charge < -0.3 is 15.2 Å². The Hall–Kier alpha value is -2.37. The third-order valence-electron chi connectivity index (χ3n) is 2.68. The maximum Gasteiger partial charge on any atom is 0.337 e. The van der Waals surface area contributed by atoms with Gasteiger partial charge in [-0.2, -0.15) is 0 Å². The van der Waals surface area contributed by atoms with E-state index in [1.54, 1.807) is 24.3 Å². The van der Waals surface area contributed by atoms with Gasteiger partial charge in [0.05, 0.1) is 19.1 Å². The number of ether oxygens (including phenoxy) is 1. The Morgan fingerprint density at radius 1 is 1.15 bits per heavy atom. The van der Waals surface area contributed by atoms with Crippen LogP contribution in [0.4, 0.5) is 0 Å². The van der Waals surface area contributed by atoms with Crippen molar-refractivity contribution in [3.8, 4) is 0 Å². The highest BCUT2D eigenvalue weighted by Crippen LogP contribution is 2.07. The molecule has 0 atom stereocenters. The zero-order chi connectivity index (χ0) is 15.0. The van der Waals surface area contributed by atoms with Gasteiger partial charge in [-0.05, 0) is 24.1 Å². The number of carboxylic acid groups (broad SMARTS) is 1. The van der Waals surface area contributed by atoms with Crippen LogP contribution >= 0.6 is 0 Å². The lowest BCUT2D eigenvalue weighted by atomic mass is 10.1. The number of amides is 1. The summed E-state index contributed by atoms with van der Waals surface area (Å²) in [5.74, 6) is -1.53. The topological polar surface area (TPSA) is 92.7 Å². The van der Waals surface area contributed by atoms with Crippen LogP contribution in [-0.4, -0.2) is 36.6 Å². The van der Waals surface area contributed by atoms with Gasteiger partial charge in [0.15, 0.2) is 0 Å². The minimum atomic E-state index is -0.941. The summed E-state index contributed by atoms with van der Waals surface area (Å²) in [6.07, 6.45) is 0.719. The number of carbonyl (C=O) groups excluding carboxylic acids is 2. The molecule has 1 aromatic carbocycles. The molecule has 1 rings (SSSR count). The van der Waals surface area contributed by atoms with Crippen LogP contribution < -0.4 is 5.32 Å². The number of aryl methyl sites for hydroxylation is 1. The molecule has 0 radical (unpaired) electrons. The van der Waals surface area contributed by atoms with Gasteiger partial charge in [-0.25, -0.2) is 4.79 Å². The fraction of sp³-hybridized carbons (Fsp3) is 0.357. The van der Waals surface area contributed by atoms with Gasteiger partial charge in [-0.15, -0.1) is 0 Å². The Balaban J connectivity index is 2.36. The van der Waals surface area contributed by atoms with Crippen LogP contribution in [0.1, 0.15) is 28.8 Å². The summed E-state index contributed by atoms with van der Waals surface area (Å²) in [5, 5.41) is 11.0. The van der Waals surface area contributed by atoms with Crippen LogP contribution in [0.2, 0.25) is 0 Å². The van der Waals surface area contributed by atoms with Crippen LogP contribution in [-0.2, 0) is 20.7 Å². The zero-order valence-corrected chi connectivity index (χ0v) is 11.2. The Morgan fingerprint density at radius 2 is 1.80 bits per heavy atom. The molecule has 0 bridgehead atoms. The lowest BCUT2D eigenvalue weighted by Crippen LogP contribution is -2.26. The third kappa shape index (κ3) is 5.51. The quantitative estimate of drug-likeness (QED) is 0.726. The molecule has 2 N–H and O–H groups in total. The number of hydrogen-bond donors (Lipinski definition) is 2.